The number of aryl methyl sites for hydroxylation is 1. The van der Waals surface area contributed by atoms with Crippen LogP contribution in [0.5, 0.6) is 0 Å². The number of nitrogens with one attached hydrogen (secondary N) is 1. The number of likely N-dealkylation sites (tertiary alicyclic amines) is 1. The van der Waals surface area contributed by atoms with Crippen molar-refractivity contribution in [3.05, 3.63) is 47.8 Å². The average Bonchev–Trinajstić information content (AvgIpc) is 3.19. The molecule has 5 heteroatoms. The van der Waals surface area contributed by atoms with Crippen LogP contribution in [0.4, 0.5) is 0 Å². The smallest absolute Gasteiger partial charge is 0.251 e. The van der Waals surface area contributed by atoms with E-state index in [0.29, 0.717) is 11.5 Å². The molecule has 1 atom stereocenters. The standard InChI is InChI=1S/C19H24N4O/c1-14-10-21-23(12-14)18-4-2-16(3-5-18)19(24)20-11-15-8-9-22(13-15)17-6-7-17/h2-5,10,12,15,17H,6-9,11,13H2,1H3,(H,20,24). The SMILES string of the molecule is Cc1cnn(-c2ccc(C(=O)NCC3CCN(C4CC4)C3)cc2)c1. The van der Waals surface area contributed by atoms with Gasteiger partial charge in [0.05, 0.1) is 11.9 Å². The molecule has 1 aliphatic carbocycles. The number of nitrogens with zero attached hydrogens (tertiary/aromatic N) is 3. The number of carbonyl (C=O) groups is 1. The number of carbonyl (C=O) groups excluding carboxylic acids is 1. The first-order valence-electron chi connectivity index (χ1n) is 8.83. The van der Waals surface area contributed by atoms with Crippen molar-refractivity contribution in [2.45, 2.75) is 32.2 Å². The molecule has 1 aromatic heterocycles. The summed E-state index contributed by atoms with van der Waals surface area (Å²) >= 11 is 0. The molecule has 2 heterocycles. The Labute approximate surface area is 142 Å². The van der Waals surface area contributed by atoms with Gasteiger partial charge in [-0.1, -0.05) is 0 Å². The van der Waals surface area contributed by atoms with Crippen LogP contribution in [0.2, 0.25) is 0 Å². The normalized spacial score (nSPS) is 21.1. The highest BCUT2D eigenvalue weighted by Crippen LogP contribution is 2.31. The Balaban J connectivity index is 1.31. The van der Waals surface area contributed by atoms with E-state index in [1.807, 2.05) is 48.3 Å². The summed E-state index contributed by atoms with van der Waals surface area (Å²) in [7, 11) is 0. The molecule has 1 amide bonds. The zero-order chi connectivity index (χ0) is 16.5. The summed E-state index contributed by atoms with van der Waals surface area (Å²) in [5.74, 6) is 0.615. The van der Waals surface area contributed by atoms with E-state index >= 15 is 0 Å². The lowest BCUT2D eigenvalue weighted by atomic mass is 10.1. The van der Waals surface area contributed by atoms with Gasteiger partial charge in [-0.2, -0.15) is 5.10 Å². The number of benzene rings is 1. The fraction of sp³-hybridized carbons (Fsp3) is 0.474. The van der Waals surface area contributed by atoms with Crippen LogP contribution in [0.25, 0.3) is 5.69 Å². The number of amides is 1. The van der Waals surface area contributed by atoms with E-state index in [-0.39, 0.29) is 5.91 Å². The van der Waals surface area contributed by atoms with Gasteiger partial charge in [-0.25, -0.2) is 4.68 Å². The first-order chi connectivity index (χ1) is 11.7. The van der Waals surface area contributed by atoms with Gasteiger partial charge in [0.15, 0.2) is 0 Å². The van der Waals surface area contributed by atoms with E-state index in [4.69, 9.17) is 0 Å². The molecule has 126 valence electrons. The Bertz CT molecular complexity index is 717. The van der Waals surface area contributed by atoms with Gasteiger partial charge in [-0.05, 0) is 68.5 Å². The van der Waals surface area contributed by atoms with Crippen LogP contribution in [0.1, 0.15) is 35.2 Å². The van der Waals surface area contributed by atoms with Crippen LogP contribution in [0.3, 0.4) is 0 Å². The van der Waals surface area contributed by atoms with Crippen LogP contribution in [-0.4, -0.2) is 46.3 Å². The van der Waals surface area contributed by atoms with Crippen molar-refractivity contribution in [1.82, 2.24) is 20.0 Å². The molecule has 1 saturated heterocycles. The van der Waals surface area contributed by atoms with Gasteiger partial charge in [0.1, 0.15) is 0 Å². The monoisotopic (exact) mass is 324 g/mol. The average molecular weight is 324 g/mol. The number of hydrogen-bond acceptors (Lipinski definition) is 3. The minimum atomic E-state index is 0.0167. The minimum absolute atomic E-state index is 0.0167. The van der Waals surface area contributed by atoms with Crippen molar-refractivity contribution in [2.75, 3.05) is 19.6 Å². The van der Waals surface area contributed by atoms with Gasteiger partial charge in [-0.15, -0.1) is 0 Å². The van der Waals surface area contributed by atoms with Gasteiger partial charge >= 0.3 is 0 Å². The van der Waals surface area contributed by atoms with Crippen molar-refractivity contribution in [3.8, 4) is 5.69 Å². The van der Waals surface area contributed by atoms with Gasteiger partial charge in [0, 0.05) is 30.9 Å². The first-order valence-corrected chi connectivity index (χ1v) is 8.83. The second-order valence-corrected chi connectivity index (χ2v) is 7.10. The molecule has 2 aliphatic rings. The fourth-order valence-corrected chi connectivity index (χ4v) is 3.46. The molecule has 5 nitrogen and oxygen atoms in total. The zero-order valence-electron chi connectivity index (χ0n) is 14.1. The second kappa shape index (κ2) is 6.40. The maximum atomic E-state index is 12.3. The van der Waals surface area contributed by atoms with Crippen LogP contribution >= 0.6 is 0 Å². The maximum Gasteiger partial charge on any atom is 0.251 e. The molecule has 1 aliphatic heterocycles. The third-order valence-electron chi connectivity index (χ3n) is 5.04. The van der Waals surface area contributed by atoms with Crippen molar-refractivity contribution in [2.24, 2.45) is 5.92 Å². The zero-order valence-corrected chi connectivity index (χ0v) is 14.1. The topological polar surface area (TPSA) is 50.2 Å². The lowest BCUT2D eigenvalue weighted by Crippen LogP contribution is -2.31. The van der Waals surface area contributed by atoms with Crippen LogP contribution in [-0.2, 0) is 0 Å². The van der Waals surface area contributed by atoms with Crippen molar-refractivity contribution >= 4 is 5.91 Å². The van der Waals surface area contributed by atoms with E-state index in [1.165, 1.54) is 25.8 Å². The van der Waals surface area contributed by atoms with Gasteiger partial charge < -0.3 is 10.2 Å². The van der Waals surface area contributed by atoms with E-state index in [2.05, 4.69) is 15.3 Å². The molecule has 1 unspecified atom stereocenters. The van der Waals surface area contributed by atoms with E-state index in [1.54, 1.807) is 0 Å². The summed E-state index contributed by atoms with van der Waals surface area (Å²) in [4.78, 5) is 14.9. The maximum absolute atomic E-state index is 12.3. The molecule has 1 aromatic carbocycles. The second-order valence-electron chi connectivity index (χ2n) is 7.10. The molecule has 0 spiro atoms. The van der Waals surface area contributed by atoms with Gasteiger partial charge in [0.2, 0.25) is 0 Å². The lowest BCUT2D eigenvalue weighted by molar-refractivity contribution is 0.0947. The molecular weight excluding hydrogens is 300 g/mol. The summed E-state index contributed by atoms with van der Waals surface area (Å²) in [5, 5.41) is 7.38. The third-order valence-corrected chi connectivity index (χ3v) is 5.04. The predicted octanol–water partition coefficient (Wildman–Crippen LogP) is 2.39. The Morgan fingerprint density at radius 1 is 1.25 bits per heavy atom. The van der Waals surface area contributed by atoms with Gasteiger partial charge in [0.25, 0.3) is 5.91 Å². The third kappa shape index (κ3) is 3.36. The molecule has 1 N–H and O–H groups in total. The summed E-state index contributed by atoms with van der Waals surface area (Å²) in [6.07, 6.45) is 7.73. The Hall–Kier alpha value is -2.14. The van der Waals surface area contributed by atoms with E-state index in [0.717, 1.165) is 30.4 Å². The summed E-state index contributed by atoms with van der Waals surface area (Å²) in [5.41, 5.74) is 2.80. The van der Waals surface area contributed by atoms with E-state index < -0.39 is 0 Å². The fourth-order valence-electron chi connectivity index (χ4n) is 3.46. The highest BCUT2D eigenvalue weighted by atomic mass is 16.1. The summed E-state index contributed by atoms with van der Waals surface area (Å²) < 4.78 is 1.82. The van der Waals surface area contributed by atoms with E-state index in [9.17, 15) is 4.79 Å². The van der Waals surface area contributed by atoms with Crippen molar-refractivity contribution in [3.63, 3.8) is 0 Å². The van der Waals surface area contributed by atoms with Gasteiger partial charge in [-0.3, -0.25) is 4.79 Å². The molecule has 24 heavy (non-hydrogen) atoms. The summed E-state index contributed by atoms with van der Waals surface area (Å²) in [6.45, 7) is 5.13. The van der Waals surface area contributed by atoms with Crippen LogP contribution < -0.4 is 5.32 Å². The molecular formula is C19H24N4O. The predicted molar refractivity (Wildman–Crippen MR) is 93.3 cm³/mol. The minimum Gasteiger partial charge on any atom is -0.352 e. The number of hydrogen-bond donors (Lipinski definition) is 1. The first kappa shape index (κ1) is 15.4. The summed E-state index contributed by atoms with van der Waals surface area (Å²) in [6, 6.07) is 8.45. The molecule has 0 bridgehead atoms. The highest BCUT2D eigenvalue weighted by Gasteiger charge is 2.34. The Morgan fingerprint density at radius 3 is 2.71 bits per heavy atom. The Morgan fingerprint density at radius 2 is 2.04 bits per heavy atom. The molecule has 2 aromatic rings. The number of aromatic nitrogens is 2. The number of rotatable bonds is 5. The molecule has 2 fully saturated rings. The quantitative estimate of drug-likeness (QED) is 0.919. The van der Waals surface area contributed by atoms with Crippen LogP contribution in [0, 0.1) is 12.8 Å². The molecule has 1 saturated carbocycles. The Kier molecular flexibility index (Phi) is 4.10. The van der Waals surface area contributed by atoms with Crippen LogP contribution in [0.15, 0.2) is 36.7 Å². The molecule has 4 rings (SSSR count). The van der Waals surface area contributed by atoms with Crippen molar-refractivity contribution < 1.29 is 4.79 Å². The largest absolute Gasteiger partial charge is 0.352 e. The van der Waals surface area contributed by atoms with Crippen molar-refractivity contribution in [1.29, 1.82) is 0 Å². The lowest BCUT2D eigenvalue weighted by Gasteiger charge is -2.15. The molecule has 0 radical (unpaired) electrons. The highest BCUT2D eigenvalue weighted by molar-refractivity contribution is 5.94.